The molecule has 0 amide bonds. The summed E-state index contributed by atoms with van der Waals surface area (Å²) in [6.45, 7) is 0. The molecule has 164 valence electrons. The molecule has 1 fully saturated rings. The predicted octanol–water partition coefficient (Wildman–Crippen LogP) is 2.26. The molecular weight excluding hydrogens is 454 g/mol. The Morgan fingerprint density at radius 2 is 1.93 bits per heavy atom. The lowest BCUT2D eigenvalue weighted by molar-refractivity contribution is 0.103. The van der Waals surface area contributed by atoms with Gasteiger partial charge in [-0.3, -0.25) is 14.3 Å². The van der Waals surface area contributed by atoms with E-state index >= 15 is 0 Å². The molecule has 0 aliphatic carbocycles. The number of carbonyl (C=O) groups is 1. The highest BCUT2D eigenvalue weighted by Crippen LogP contribution is 2.40. The van der Waals surface area contributed by atoms with Crippen molar-refractivity contribution in [2.45, 2.75) is 19.3 Å². The molecule has 12 heteroatoms. The number of benzene rings is 1. The number of H-pyrrole nitrogens is 1. The van der Waals surface area contributed by atoms with Crippen LogP contribution in [0.5, 0.6) is 5.75 Å². The van der Waals surface area contributed by atoms with Crippen LogP contribution in [0.25, 0.3) is 0 Å². The third kappa shape index (κ3) is 4.96. The van der Waals surface area contributed by atoms with Crippen molar-refractivity contribution in [3.05, 3.63) is 44.8 Å². The Hall–Kier alpha value is -2.11. The molecule has 1 aromatic carbocycles. The fourth-order valence-electron chi connectivity index (χ4n) is 3.06. The van der Waals surface area contributed by atoms with Gasteiger partial charge in [-0.1, -0.05) is 18.0 Å². The van der Waals surface area contributed by atoms with Crippen molar-refractivity contribution in [3.63, 3.8) is 0 Å². The standard InChI is InChI=1S/C18H22ClN3O6S2/c1-22-18(24)13(10-20-22)17(23)12-6-7-14(28-11-29(2,25)26)16(15(12)19)21-30(27)8-4-3-5-9-30/h6-7,10,20H,3-5,8-9,11H2,1-2H3. The van der Waals surface area contributed by atoms with Crippen LogP contribution in [-0.4, -0.2) is 51.9 Å². The predicted molar refractivity (Wildman–Crippen MR) is 115 cm³/mol. The number of aromatic nitrogens is 2. The van der Waals surface area contributed by atoms with Crippen LogP contribution in [0.3, 0.4) is 0 Å². The molecule has 2 aromatic rings. The molecule has 0 saturated carbocycles. The molecule has 1 N–H and O–H groups in total. The molecule has 3 rings (SSSR count). The second-order valence-electron chi connectivity index (χ2n) is 7.17. The Labute approximate surface area is 179 Å². The van der Waals surface area contributed by atoms with Gasteiger partial charge in [0.15, 0.2) is 15.8 Å². The van der Waals surface area contributed by atoms with Gasteiger partial charge in [-0.25, -0.2) is 12.6 Å². The number of aryl methyl sites for hydroxylation is 1. The number of aromatic amines is 1. The zero-order chi connectivity index (χ0) is 22.1. The number of carbonyl (C=O) groups excluding carboxylic acids is 1. The molecular formula is C18H22ClN3O6S2. The Bertz CT molecular complexity index is 1260. The number of sulfone groups is 1. The summed E-state index contributed by atoms with van der Waals surface area (Å²) in [5, 5.41) is 2.48. The van der Waals surface area contributed by atoms with Crippen LogP contribution in [0.4, 0.5) is 5.69 Å². The third-order valence-corrected chi connectivity index (χ3v) is 7.92. The minimum Gasteiger partial charge on any atom is -0.475 e. The summed E-state index contributed by atoms with van der Waals surface area (Å²) in [6.07, 6.45) is 4.72. The lowest BCUT2D eigenvalue weighted by Gasteiger charge is -2.17. The fraction of sp³-hybridized carbons (Fsp3) is 0.444. The van der Waals surface area contributed by atoms with Crippen molar-refractivity contribution in [2.24, 2.45) is 11.4 Å². The summed E-state index contributed by atoms with van der Waals surface area (Å²) in [5.41, 5.74) is -0.690. The summed E-state index contributed by atoms with van der Waals surface area (Å²) in [5.74, 6) is -0.487. The highest BCUT2D eigenvalue weighted by Gasteiger charge is 2.24. The SMILES string of the molecule is Cn1[nH]cc(C(=O)c2ccc(OCS(C)(=O)=O)c(N=S3(=O)CCCCC3)c2Cl)c1=O. The van der Waals surface area contributed by atoms with Crippen molar-refractivity contribution < 1.29 is 22.2 Å². The van der Waals surface area contributed by atoms with Gasteiger partial charge in [-0.05, 0) is 25.0 Å². The largest absolute Gasteiger partial charge is 0.475 e. The Morgan fingerprint density at radius 1 is 1.27 bits per heavy atom. The minimum absolute atomic E-state index is 0.0113. The number of nitrogens with zero attached hydrogens (tertiary/aromatic N) is 2. The molecule has 1 aromatic heterocycles. The fourth-order valence-corrected chi connectivity index (χ4v) is 5.94. The molecule has 30 heavy (non-hydrogen) atoms. The maximum Gasteiger partial charge on any atom is 0.277 e. The van der Waals surface area contributed by atoms with Crippen LogP contribution in [0.2, 0.25) is 5.02 Å². The van der Waals surface area contributed by atoms with E-state index in [-0.39, 0.29) is 27.6 Å². The monoisotopic (exact) mass is 475 g/mol. The van der Waals surface area contributed by atoms with Gasteiger partial charge >= 0.3 is 0 Å². The van der Waals surface area contributed by atoms with Crippen molar-refractivity contribution in [1.29, 1.82) is 0 Å². The molecule has 0 atom stereocenters. The lowest BCUT2D eigenvalue weighted by Crippen LogP contribution is -2.19. The minimum atomic E-state index is -3.47. The quantitative estimate of drug-likeness (QED) is 0.638. The van der Waals surface area contributed by atoms with Crippen molar-refractivity contribution in [2.75, 3.05) is 23.7 Å². The average molecular weight is 476 g/mol. The molecule has 1 aliphatic rings. The van der Waals surface area contributed by atoms with E-state index in [0.29, 0.717) is 11.5 Å². The van der Waals surface area contributed by atoms with Crippen LogP contribution >= 0.6 is 11.6 Å². The highest BCUT2D eigenvalue weighted by molar-refractivity contribution is 7.93. The van der Waals surface area contributed by atoms with Gasteiger partial charge in [0, 0.05) is 36.6 Å². The Kier molecular flexibility index (Phi) is 6.44. The summed E-state index contributed by atoms with van der Waals surface area (Å²) < 4.78 is 47.0. The topological polar surface area (TPSA) is 128 Å². The van der Waals surface area contributed by atoms with E-state index in [9.17, 15) is 22.2 Å². The Balaban J connectivity index is 2.14. The molecule has 9 nitrogen and oxygen atoms in total. The van der Waals surface area contributed by atoms with Crippen LogP contribution in [-0.2, 0) is 26.6 Å². The smallest absolute Gasteiger partial charge is 0.277 e. The first-order valence-corrected chi connectivity index (χ1v) is 13.4. The first kappa shape index (κ1) is 22.6. The molecule has 0 radical (unpaired) electrons. The average Bonchev–Trinajstić information content (AvgIpc) is 3.00. The van der Waals surface area contributed by atoms with Gasteiger partial charge in [0.2, 0.25) is 5.78 Å². The van der Waals surface area contributed by atoms with Crippen LogP contribution < -0.4 is 10.3 Å². The summed E-state index contributed by atoms with van der Waals surface area (Å²) in [6, 6.07) is 2.69. The van der Waals surface area contributed by atoms with Gasteiger partial charge in [-0.15, -0.1) is 0 Å². The number of ketones is 1. The van der Waals surface area contributed by atoms with E-state index in [2.05, 4.69) is 9.46 Å². The number of ether oxygens (including phenoxy) is 1. The molecule has 0 spiro atoms. The van der Waals surface area contributed by atoms with E-state index in [1.165, 1.54) is 25.4 Å². The molecule has 0 bridgehead atoms. The van der Waals surface area contributed by atoms with Gasteiger partial charge in [0.05, 0.1) is 14.8 Å². The molecule has 2 heterocycles. The first-order valence-electron chi connectivity index (χ1n) is 9.15. The van der Waals surface area contributed by atoms with E-state index in [1.54, 1.807) is 0 Å². The second-order valence-corrected chi connectivity index (χ2v) is 12.2. The molecule has 0 unspecified atom stereocenters. The van der Waals surface area contributed by atoms with Gasteiger partial charge in [0.25, 0.3) is 5.56 Å². The van der Waals surface area contributed by atoms with Crippen LogP contribution in [0.15, 0.2) is 27.5 Å². The van der Waals surface area contributed by atoms with Gasteiger partial charge in [0.1, 0.15) is 17.0 Å². The number of hydrogen-bond acceptors (Lipinski definition) is 7. The first-order chi connectivity index (χ1) is 14.0. The van der Waals surface area contributed by atoms with Gasteiger partial charge in [-0.2, -0.15) is 4.36 Å². The number of nitrogens with one attached hydrogen (secondary N) is 1. The lowest BCUT2D eigenvalue weighted by atomic mass is 10.1. The maximum absolute atomic E-state index is 13.1. The van der Waals surface area contributed by atoms with Crippen LogP contribution in [0.1, 0.15) is 35.2 Å². The summed E-state index contributed by atoms with van der Waals surface area (Å²) in [4.78, 5) is 25.0. The summed E-state index contributed by atoms with van der Waals surface area (Å²) >= 11 is 6.46. The zero-order valence-electron chi connectivity index (χ0n) is 16.5. The second kappa shape index (κ2) is 8.56. The highest BCUT2D eigenvalue weighted by atomic mass is 35.5. The van der Waals surface area contributed by atoms with E-state index < -0.39 is 36.8 Å². The van der Waals surface area contributed by atoms with E-state index in [0.717, 1.165) is 30.2 Å². The number of halogens is 1. The number of hydrogen-bond donors (Lipinski definition) is 1. The molecule has 1 aliphatic heterocycles. The summed E-state index contributed by atoms with van der Waals surface area (Å²) in [7, 11) is -4.62. The van der Waals surface area contributed by atoms with Crippen molar-refractivity contribution in [3.8, 4) is 5.75 Å². The van der Waals surface area contributed by atoms with Crippen LogP contribution in [0, 0.1) is 0 Å². The van der Waals surface area contributed by atoms with Crippen molar-refractivity contribution in [1.82, 2.24) is 9.78 Å². The third-order valence-electron chi connectivity index (χ3n) is 4.62. The van der Waals surface area contributed by atoms with Crippen molar-refractivity contribution >= 4 is 42.6 Å². The molecule has 1 saturated heterocycles. The zero-order valence-corrected chi connectivity index (χ0v) is 18.9. The van der Waals surface area contributed by atoms with E-state index in [1.807, 2.05) is 0 Å². The Morgan fingerprint density at radius 3 is 2.50 bits per heavy atom. The number of rotatable bonds is 6. The van der Waals surface area contributed by atoms with Gasteiger partial charge < -0.3 is 9.84 Å². The van der Waals surface area contributed by atoms with E-state index in [4.69, 9.17) is 16.3 Å². The normalized spacial score (nSPS) is 16.2. The maximum atomic E-state index is 13.1.